The van der Waals surface area contributed by atoms with E-state index in [2.05, 4.69) is 21.2 Å². The fourth-order valence-electron chi connectivity index (χ4n) is 1.44. The molecule has 19 heavy (non-hydrogen) atoms. The van der Waals surface area contributed by atoms with Gasteiger partial charge in [-0.1, -0.05) is 17.7 Å². The van der Waals surface area contributed by atoms with Crippen LogP contribution in [-0.4, -0.2) is 11.7 Å². The largest absolute Gasteiger partial charge is 0.444 e. The molecule has 0 bridgehead atoms. The van der Waals surface area contributed by atoms with Crippen molar-refractivity contribution < 1.29 is 13.9 Å². The number of hydrogen-bond donors (Lipinski definition) is 1. The molecule has 1 atom stereocenters. The summed E-state index contributed by atoms with van der Waals surface area (Å²) in [7, 11) is 0. The van der Waals surface area contributed by atoms with Crippen LogP contribution in [0.15, 0.2) is 16.6 Å². The Kier molecular flexibility index (Phi) is 5.21. The highest BCUT2D eigenvalue weighted by Crippen LogP contribution is 2.30. The minimum absolute atomic E-state index is 0.0158. The van der Waals surface area contributed by atoms with Crippen LogP contribution in [0.3, 0.4) is 0 Å². The Morgan fingerprint density at radius 1 is 1.47 bits per heavy atom. The lowest BCUT2D eigenvalue weighted by atomic mass is 10.1. The third-order valence-corrected chi connectivity index (χ3v) is 3.26. The third kappa shape index (κ3) is 4.66. The first-order chi connectivity index (χ1) is 8.61. The van der Waals surface area contributed by atoms with Gasteiger partial charge in [0.25, 0.3) is 0 Å². The van der Waals surface area contributed by atoms with Crippen LogP contribution in [-0.2, 0) is 4.74 Å². The summed E-state index contributed by atoms with van der Waals surface area (Å²) in [5.74, 6) is -0.544. The van der Waals surface area contributed by atoms with E-state index in [0.717, 1.165) is 0 Å². The highest BCUT2D eigenvalue weighted by molar-refractivity contribution is 9.10. The summed E-state index contributed by atoms with van der Waals surface area (Å²) in [6, 6.07) is 2.74. The molecule has 0 saturated carbocycles. The van der Waals surface area contributed by atoms with E-state index in [4.69, 9.17) is 16.3 Å². The van der Waals surface area contributed by atoms with Gasteiger partial charge >= 0.3 is 6.09 Å². The highest BCUT2D eigenvalue weighted by Gasteiger charge is 2.20. The van der Waals surface area contributed by atoms with Gasteiger partial charge in [0.1, 0.15) is 5.60 Å². The lowest BCUT2D eigenvalue weighted by Gasteiger charge is -2.22. The van der Waals surface area contributed by atoms with Crippen LogP contribution in [0.5, 0.6) is 0 Å². The fraction of sp³-hybridized carbons (Fsp3) is 0.462. The van der Waals surface area contributed by atoms with Crippen LogP contribution in [0.2, 0.25) is 5.02 Å². The molecule has 3 nitrogen and oxygen atoms in total. The van der Waals surface area contributed by atoms with Crippen molar-refractivity contribution in [2.24, 2.45) is 0 Å². The molecule has 1 aromatic rings. The number of halogens is 3. The zero-order valence-corrected chi connectivity index (χ0v) is 13.5. The van der Waals surface area contributed by atoms with Crippen LogP contribution in [0.4, 0.5) is 9.18 Å². The van der Waals surface area contributed by atoms with Gasteiger partial charge in [-0.2, -0.15) is 0 Å². The maximum absolute atomic E-state index is 13.6. The van der Waals surface area contributed by atoms with E-state index in [1.54, 1.807) is 39.8 Å². The van der Waals surface area contributed by atoms with Gasteiger partial charge in [-0.15, -0.1) is 0 Å². The fourth-order valence-corrected chi connectivity index (χ4v) is 2.21. The second-order valence-electron chi connectivity index (χ2n) is 5.13. The second kappa shape index (κ2) is 6.09. The number of carbonyl (C=O) groups is 1. The van der Waals surface area contributed by atoms with Gasteiger partial charge in [-0.25, -0.2) is 9.18 Å². The van der Waals surface area contributed by atoms with Crippen LogP contribution in [0, 0.1) is 5.82 Å². The number of alkyl carbamates (subject to hydrolysis) is 1. The predicted octanol–water partition coefficient (Wildman–Crippen LogP) is 4.83. The number of carbonyl (C=O) groups excluding carboxylic acids is 1. The highest BCUT2D eigenvalue weighted by atomic mass is 79.9. The summed E-state index contributed by atoms with van der Waals surface area (Å²) in [5.41, 5.74) is -0.0910. The van der Waals surface area contributed by atoms with Gasteiger partial charge < -0.3 is 10.1 Å². The van der Waals surface area contributed by atoms with Crippen LogP contribution in [0.25, 0.3) is 0 Å². The van der Waals surface area contributed by atoms with E-state index in [1.165, 1.54) is 0 Å². The smallest absolute Gasteiger partial charge is 0.408 e. The van der Waals surface area contributed by atoms with E-state index < -0.39 is 23.6 Å². The first kappa shape index (κ1) is 16.2. The second-order valence-corrected chi connectivity index (χ2v) is 6.36. The minimum atomic E-state index is -0.585. The molecule has 0 saturated heterocycles. The van der Waals surface area contributed by atoms with Gasteiger partial charge in [0, 0.05) is 0 Å². The number of benzene rings is 1. The lowest BCUT2D eigenvalue weighted by molar-refractivity contribution is 0.0508. The van der Waals surface area contributed by atoms with Gasteiger partial charge in [0.05, 0.1) is 15.5 Å². The normalized spacial score (nSPS) is 13.0. The van der Waals surface area contributed by atoms with Crippen molar-refractivity contribution >= 4 is 33.6 Å². The van der Waals surface area contributed by atoms with Crippen LogP contribution >= 0.6 is 27.5 Å². The molecule has 0 heterocycles. The SMILES string of the molecule is C[C@@H](NC(=O)OC(C)(C)C)c1ccc(Br)c(F)c1Cl. The van der Waals surface area contributed by atoms with Crippen molar-refractivity contribution in [3.63, 3.8) is 0 Å². The van der Waals surface area contributed by atoms with Gasteiger partial charge in [-0.3, -0.25) is 0 Å². The Hall–Kier alpha value is -0.810. The summed E-state index contributed by atoms with van der Waals surface area (Å²) in [4.78, 5) is 11.6. The molecule has 1 N–H and O–H groups in total. The van der Waals surface area contributed by atoms with E-state index >= 15 is 0 Å². The summed E-state index contributed by atoms with van der Waals surface area (Å²) in [5, 5.41) is 2.60. The summed E-state index contributed by atoms with van der Waals surface area (Å²) >= 11 is 8.96. The van der Waals surface area contributed by atoms with E-state index in [1.807, 2.05) is 0 Å². The Morgan fingerprint density at radius 3 is 2.58 bits per heavy atom. The Balaban J connectivity index is 2.82. The molecule has 6 heteroatoms. The average Bonchev–Trinajstić information content (AvgIpc) is 2.23. The minimum Gasteiger partial charge on any atom is -0.444 e. The molecule has 0 aromatic heterocycles. The molecular weight excluding hydrogens is 337 g/mol. The topological polar surface area (TPSA) is 38.3 Å². The van der Waals surface area contributed by atoms with Crippen LogP contribution in [0.1, 0.15) is 39.3 Å². The third-order valence-electron chi connectivity index (χ3n) is 2.26. The molecule has 0 fully saturated rings. The number of rotatable bonds is 2. The van der Waals surface area contributed by atoms with Crippen molar-refractivity contribution in [1.82, 2.24) is 5.32 Å². The quantitative estimate of drug-likeness (QED) is 0.774. The Morgan fingerprint density at radius 2 is 2.05 bits per heavy atom. The molecule has 1 rings (SSSR count). The number of amides is 1. The standard InChI is InChI=1S/C13H16BrClFNO2/c1-7(17-12(18)19-13(2,3)4)8-5-6-9(14)11(16)10(8)15/h5-7H,1-4H3,(H,17,18)/t7-/m1/s1. The first-order valence-corrected chi connectivity index (χ1v) is 6.92. The Labute approximate surface area is 125 Å². The van der Waals surface area contributed by atoms with Crippen molar-refractivity contribution in [3.8, 4) is 0 Å². The molecule has 0 radical (unpaired) electrons. The molecule has 0 unspecified atom stereocenters. The Bertz CT molecular complexity index is 488. The summed E-state index contributed by atoms with van der Waals surface area (Å²) in [6.45, 7) is 7.01. The summed E-state index contributed by atoms with van der Waals surface area (Å²) in [6.07, 6.45) is -0.570. The van der Waals surface area contributed by atoms with E-state index in [0.29, 0.717) is 5.56 Å². The molecule has 0 aliphatic carbocycles. The van der Waals surface area contributed by atoms with Crippen molar-refractivity contribution in [2.75, 3.05) is 0 Å². The lowest BCUT2D eigenvalue weighted by Crippen LogP contribution is -2.34. The molecule has 0 aliphatic rings. The molecule has 0 aliphatic heterocycles. The van der Waals surface area contributed by atoms with Gasteiger partial charge in [-0.05, 0) is 55.3 Å². The molecule has 0 spiro atoms. The van der Waals surface area contributed by atoms with Crippen molar-refractivity contribution in [2.45, 2.75) is 39.3 Å². The average molecular weight is 353 g/mol. The number of nitrogens with one attached hydrogen (secondary N) is 1. The van der Waals surface area contributed by atoms with E-state index in [9.17, 15) is 9.18 Å². The molecule has 1 aromatic carbocycles. The first-order valence-electron chi connectivity index (χ1n) is 5.74. The zero-order valence-electron chi connectivity index (χ0n) is 11.2. The zero-order chi connectivity index (χ0) is 14.8. The predicted molar refractivity (Wildman–Crippen MR) is 76.9 cm³/mol. The van der Waals surface area contributed by atoms with E-state index in [-0.39, 0.29) is 9.50 Å². The molecule has 106 valence electrons. The maximum atomic E-state index is 13.6. The number of ether oxygens (including phenoxy) is 1. The van der Waals surface area contributed by atoms with Crippen LogP contribution < -0.4 is 5.32 Å². The summed E-state index contributed by atoms with van der Waals surface area (Å²) < 4.78 is 19.0. The van der Waals surface area contributed by atoms with Crippen molar-refractivity contribution in [3.05, 3.63) is 33.0 Å². The monoisotopic (exact) mass is 351 g/mol. The maximum Gasteiger partial charge on any atom is 0.408 e. The molecule has 1 amide bonds. The number of hydrogen-bond acceptors (Lipinski definition) is 2. The van der Waals surface area contributed by atoms with Gasteiger partial charge in [0.15, 0.2) is 5.82 Å². The van der Waals surface area contributed by atoms with Gasteiger partial charge in [0.2, 0.25) is 0 Å². The van der Waals surface area contributed by atoms with Crippen molar-refractivity contribution in [1.29, 1.82) is 0 Å². The molecular formula is C13H16BrClFNO2.